The highest BCUT2D eigenvalue weighted by atomic mass is 16.5. The number of benzene rings is 2. The first kappa shape index (κ1) is 21.7. The summed E-state index contributed by atoms with van der Waals surface area (Å²) in [5, 5.41) is 12.1. The first-order chi connectivity index (χ1) is 15.0. The number of carbonyl (C=O) groups excluding carboxylic acids is 1. The van der Waals surface area contributed by atoms with Gasteiger partial charge in [0, 0.05) is 7.05 Å². The molecule has 31 heavy (non-hydrogen) atoms. The minimum absolute atomic E-state index is 0.101. The van der Waals surface area contributed by atoms with E-state index in [9.17, 15) is 14.9 Å². The molecule has 3 aromatic rings. The van der Waals surface area contributed by atoms with Crippen molar-refractivity contribution in [2.45, 2.75) is 20.3 Å². The predicted molar refractivity (Wildman–Crippen MR) is 120 cm³/mol. The molecule has 0 fully saturated rings. The fourth-order valence-electron chi connectivity index (χ4n) is 3.09. The number of amides is 1. The molecule has 0 radical (unpaired) electrons. The van der Waals surface area contributed by atoms with Crippen molar-refractivity contribution < 1.29 is 9.53 Å². The van der Waals surface area contributed by atoms with Crippen LogP contribution in [0.2, 0.25) is 0 Å². The van der Waals surface area contributed by atoms with Crippen LogP contribution in [0.1, 0.15) is 24.6 Å². The average molecular weight is 416 g/mol. The van der Waals surface area contributed by atoms with E-state index in [1.807, 2.05) is 31.2 Å². The SMILES string of the molecule is CCCOc1ccc(/C=C(\C#N)C(=O)Nc2c(C)n(C)n(-c3ccccc3)c2=O)cc1. The summed E-state index contributed by atoms with van der Waals surface area (Å²) in [6.07, 6.45) is 2.39. The number of hydrogen-bond acceptors (Lipinski definition) is 4. The lowest BCUT2D eigenvalue weighted by Gasteiger charge is -2.07. The lowest BCUT2D eigenvalue weighted by atomic mass is 10.1. The molecule has 2 aromatic carbocycles. The topological polar surface area (TPSA) is 89.0 Å². The van der Waals surface area contributed by atoms with Gasteiger partial charge in [0.15, 0.2) is 0 Å². The van der Waals surface area contributed by atoms with Crippen LogP contribution in [0.4, 0.5) is 5.69 Å². The largest absolute Gasteiger partial charge is 0.494 e. The van der Waals surface area contributed by atoms with Crippen molar-refractivity contribution in [1.82, 2.24) is 9.36 Å². The first-order valence-corrected chi connectivity index (χ1v) is 9.96. The van der Waals surface area contributed by atoms with Crippen LogP contribution < -0.4 is 15.6 Å². The lowest BCUT2D eigenvalue weighted by molar-refractivity contribution is -0.112. The summed E-state index contributed by atoms with van der Waals surface area (Å²) in [5.41, 5.74) is 1.62. The van der Waals surface area contributed by atoms with E-state index in [2.05, 4.69) is 5.32 Å². The van der Waals surface area contributed by atoms with E-state index in [1.54, 1.807) is 55.1 Å². The van der Waals surface area contributed by atoms with Gasteiger partial charge in [0.2, 0.25) is 0 Å². The molecule has 1 amide bonds. The van der Waals surface area contributed by atoms with E-state index in [0.29, 0.717) is 23.6 Å². The van der Waals surface area contributed by atoms with Crippen LogP contribution in [0.15, 0.2) is 65.0 Å². The van der Waals surface area contributed by atoms with Gasteiger partial charge in [-0.1, -0.05) is 37.3 Å². The molecule has 0 atom stereocenters. The second kappa shape index (κ2) is 9.63. The van der Waals surface area contributed by atoms with Gasteiger partial charge in [-0.3, -0.25) is 14.3 Å². The number of aromatic nitrogens is 2. The Bertz CT molecular complexity index is 1200. The molecular weight excluding hydrogens is 392 g/mol. The smallest absolute Gasteiger partial charge is 0.295 e. The Labute approximate surface area is 180 Å². The Hall–Kier alpha value is -4.05. The molecule has 1 N–H and O–H groups in total. The fourth-order valence-corrected chi connectivity index (χ4v) is 3.09. The minimum atomic E-state index is -0.639. The molecule has 1 heterocycles. The summed E-state index contributed by atoms with van der Waals surface area (Å²) < 4.78 is 8.67. The number of nitrogens with one attached hydrogen (secondary N) is 1. The Morgan fingerprint density at radius 2 is 1.84 bits per heavy atom. The molecular formula is C24H24N4O3. The molecule has 0 saturated heterocycles. The molecule has 158 valence electrons. The summed E-state index contributed by atoms with van der Waals surface area (Å²) in [7, 11) is 1.74. The normalized spacial score (nSPS) is 11.1. The van der Waals surface area contributed by atoms with Crippen LogP contribution in [0, 0.1) is 18.3 Å². The van der Waals surface area contributed by atoms with E-state index < -0.39 is 5.91 Å². The maximum Gasteiger partial charge on any atom is 0.295 e. The zero-order valence-corrected chi connectivity index (χ0v) is 17.8. The van der Waals surface area contributed by atoms with Crippen LogP contribution in [0.5, 0.6) is 5.75 Å². The quantitative estimate of drug-likeness (QED) is 0.468. The maximum absolute atomic E-state index is 13.0. The average Bonchev–Trinajstić information content (AvgIpc) is 3.00. The number of anilines is 1. The van der Waals surface area contributed by atoms with Gasteiger partial charge in [0.25, 0.3) is 11.5 Å². The van der Waals surface area contributed by atoms with Gasteiger partial charge in [-0.15, -0.1) is 0 Å². The summed E-state index contributed by atoms with van der Waals surface area (Å²) >= 11 is 0. The molecule has 0 unspecified atom stereocenters. The Morgan fingerprint density at radius 1 is 1.16 bits per heavy atom. The van der Waals surface area contributed by atoms with Gasteiger partial charge in [-0.2, -0.15) is 5.26 Å². The van der Waals surface area contributed by atoms with Crippen molar-refractivity contribution in [3.8, 4) is 17.5 Å². The number of carbonyl (C=O) groups is 1. The Balaban J connectivity index is 1.86. The third kappa shape index (κ3) is 4.75. The Kier molecular flexibility index (Phi) is 6.73. The highest BCUT2D eigenvalue weighted by molar-refractivity contribution is 6.09. The number of hydrogen-bond donors (Lipinski definition) is 1. The van der Waals surface area contributed by atoms with Crippen LogP contribution >= 0.6 is 0 Å². The van der Waals surface area contributed by atoms with Crippen molar-refractivity contribution >= 4 is 17.7 Å². The van der Waals surface area contributed by atoms with Crippen molar-refractivity contribution in [2.75, 3.05) is 11.9 Å². The molecule has 0 aliphatic heterocycles. The molecule has 0 aliphatic rings. The third-order valence-corrected chi connectivity index (χ3v) is 4.82. The summed E-state index contributed by atoms with van der Waals surface area (Å²) in [5.74, 6) is 0.0863. The molecule has 0 saturated carbocycles. The van der Waals surface area contributed by atoms with Gasteiger partial charge in [-0.05, 0) is 49.2 Å². The molecule has 0 spiro atoms. The minimum Gasteiger partial charge on any atom is -0.494 e. The van der Waals surface area contributed by atoms with E-state index in [1.165, 1.54) is 10.8 Å². The van der Waals surface area contributed by atoms with E-state index >= 15 is 0 Å². The fraction of sp³-hybridized carbons (Fsp3) is 0.208. The summed E-state index contributed by atoms with van der Waals surface area (Å²) in [6, 6.07) is 18.2. The standard InChI is InChI=1S/C24H24N4O3/c1-4-14-31-21-12-10-18(11-13-21)15-19(16-25)23(29)26-22-17(2)27(3)28(24(22)30)20-8-6-5-7-9-20/h5-13,15H,4,14H2,1-3H3,(H,26,29)/b19-15+. The van der Waals surface area contributed by atoms with Gasteiger partial charge in [0.05, 0.1) is 18.0 Å². The van der Waals surface area contributed by atoms with Crippen molar-refractivity contribution in [1.29, 1.82) is 5.26 Å². The monoisotopic (exact) mass is 416 g/mol. The number of rotatable bonds is 7. The van der Waals surface area contributed by atoms with Gasteiger partial charge >= 0.3 is 0 Å². The second-order valence-electron chi connectivity index (χ2n) is 6.98. The van der Waals surface area contributed by atoms with Gasteiger partial charge in [0.1, 0.15) is 23.1 Å². The lowest BCUT2D eigenvalue weighted by Crippen LogP contribution is -2.23. The molecule has 0 bridgehead atoms. The van der Waals surface area contributed by atoms with E-state index in [-0.39, 0.29) is 16.8 Å². The van der Waals surface area contributed by atoms with Gasteiger partial charge < -0.3 is 10.1 Å². The molecule has 7 heteroatoms. The Morgan fingerprint density at radius 3 is 2.45 bits per heavy atom. The molecule has 7 nitrogen and oxygen atoms in total. The molecule has 1 aromatic heterocycles. The zero-order valence-electron chi connectivity index (χ0n) is 17.8. The third-order valence-electron chi connectivity index (χ3n) is 4.82. The van der Waals surface area contributed by atoms with E-state index in [0.717, 1.165) is 12.2 Å². The predicted octanol–water partition coefficient (Wildman–Crippen LogP) is 3.82. The summed E-state index contributed by atoms with van der Waals surface area (Å²) in [6.45, 7) is 4.39. The first-order valence-electron chi connectivity index (χ1n) is 9.96. The molecule has 3 rings (SSSR count). The number of ether oxygens (including phenoxy) is 1. The second-order valence-corrected chi connectivity index (χ2v) is 6.98. The number of nitriles is 1. The van der Waals surface area contributed by atoms with Crippen LogP contribution in [-0.2, 0) is 11.8 Å². The molecule has 0 aliphatic carbocycles. The highest BCUT2D eigenvalue weighted by Crippen LogP contribution is 2.17. The highest BCUT2D eigenvalue weighted by Gasteiger charge is 2.19. The zero-order chi connectivity index (χ0) is 22.4. The van der Waals surface area contributed by atoms with Crippen LogP contribution in [-0.4, -0.2) is 21.9 Å². The van der Waals surface area contributed by atoms with Crippen molar-refractivity contribution in [3.05, 3.63) is 81.8 Å². The van der Waals surface area contributed by atoms with Crippen molar-refractivity contribution in [3.63, 3.8) is 0 Å². The number of nitrogens with zero attached hydrogens (tertiary/aromatic N) is 3. The van der Waals surface area contributed by atoms with E-state index in [4.69, 9.17) is 4.74 Å². The number of para-hydroxylation sites is 1. The van der Waals surface area contributed by atoms with Crippen LogP contribution in [0.25, 0.3) is 11.8 Å². The van der Waals surface area contributed by atoms with Crippen LogP contribution in [0.3, 0.4) is 0 Å². The summed E-state index contributed by atoms with van der Waals surface area (Å²) in [4.78, 5) is 25.7. The maximum atomic E-state index is 13.0. The van der Waals surface area contributed by atoms with Gasteiger partial charge in [-0.25, -0.2) is 4.68 Å². The van der Waals surface area contributed by atoms with Crippen molar-refractivity contribution in [2.24, 2.45) is 7.05 Å².